The molecule has 5 nitrogen and oxygen atoms in total. The molecule has 0 aliphatic rings. The summed E-state index contributed by atoms with van der Waals surface area (Å²) in [5.41, 5.74) is 0.589. The van der Waals surface area contributed by atoms with Gasteiger partial charge in [-0.3, -0.25) is 0 Å². The molecular formula is C18H24N2O3. The Labute approximate surface area is 136 Å². The molecule has 0 aliphatic heterocycles. The summed E-state index contributed by atoms with van der Waals surface area (Å²) in [6, 6.07) is 10.7. The molecule has 0 saturated heterocycles. The highest BCUT2D eigenvalue weighted by Crippen LogP contribution is 2.21. The van der Waals surface area contributed by atoms with Crippen LogP contribution in [0.2, 0.25) is 0 Å². The number of hydrogen-bond acceptors (Lipinski definition) is 3. The van der Waals surface area contributed by atoms with Gasteiger partial charge in [-0.2, -0.15) is 0 Å². The van der Waals surface area contributed by atoms with E-state index in [1.165, 1.54) is 0 Å². The van der Waals surface area contributed by atoms with Gasteiger partial charge >= 0.3 is 6.03 Å². The Morgan fingerprint density at radius 1 is 1.30 bits per heavy atom. The minimum absolute atomic E-state index is 0.124. The number of rotatable bonds is 5. The summed E-state index contributed by atoms with van der Waals surface area (Å²) >= 11 is 0. The lowest BCUT2D eigenvalue weighted by atomic mass is 9.96. The zero-order valence-electron chi connectivity index (χ0n) is 14.0. The van der Waals surface area contributed by atoms with Crippen LogP contribution in [0, 0.1) is 13.8 Å². The molecule has 2 atom stereocenters. The topological polar surface area (TPSA) is 74.5 Å². The van der Waals surface area contributed by atoms with Crippen molar-refractivity contribution < 1.29 is 14.3 Å². The molecule has 0 bridgehead atoms. The van der Waals surface area contributed by atoms with E-state index >= 15 is 0 Å². The van der Waals surface area contributed by atoms with Gasteiger partial charge < -0.3 is 20.2 Å². The number of aliphatic hydroxyl groups is 1. The molecule has 0 fully saturated rings. The summed E-state index contributed by atoms with van der Waals surface area (Å²) in [5.74, 6) is 1.62. The molecule has 2 unspecified atom stereocenters. The lowest BCUT2D eigenvalue weighted by molar-refractivity contribution is 0.0593. The van der Waals surface area contributed by atoms with E-state index < -0.39 is 5.60 Å². The Hall–Kier alpha value is -2.27. The van der Waals surface area contributed by atoms with Crippen molar-refractivity contribution in [2.75, 3.05) is 6.54 Å². The van der Waals surface area contributed by atoms with Crippen LogP contribution in [0.25, 0.3) is 0 Å². The summed E-state index contributed by atoms with van der Waals surface area (Å²) in [4.78, 5) is 12.1. The molecule has 1 aromatic heterocycles. The molecule has 2 amide bonds. The monoisotopic (exact) mass is 316 g/mol. The fraction of sp³-hybridized carbons (Fsp3) is 0.389. The van der Waals surface area contributed by atoms with E-state index in [2.05, 4.69) is 10.6 Å². The quantitative estimate of drug-likeness (QED) is 0.793. The van der Waals surface area contributed by atoms with Crippen LogP contribution in [0.4, 0.5) is 4.79 Å². The molecule has 2 aromatic rings. The van der Waals surface area contributed by atoms with Crippen molar-refractivity contribution in [2.24, 2.45) is 0 Å². The zero-order valence-corrected chi connectivity index (χ0v) is 14.0. The number of benzene rings is 1. The first kappa shape index (κ1) is 17.1. The van der Waals surface area contributed by atoms with Crippen LogP contribution in [-0.4, -0.2) is 17.7 Å². The summed E-state index contributed by atoms with van der Waals surface area (Å²) in [6.45, 7) is 7.44. The van der Waals surface area contributed by atoms with Gasteiger partial charge in [-0.25, -0.2) is 4.79 Å². The van der Waals surface area contributed by atoms with Gasteiger partial charge in [0.05, 0.1) is 12.6 Å². The summed E-state index contributed by atoms with van der Waals surface area (Å²) in [6.07, 6.45) is 0. The average Bonchev–Trinajstić information content (AvgIpc) is 2.85. The molecule has 23 heavy (non-hydrogen) atoms. The third-order valence-electron chi connectivity index (χ3n) is 3.88. The van der Waals surface area contributed by atoms with E-state index in [4.69, 9.17) is 4.42 Å². The fourth-order valence-electron chi connectivity index (χ4n) is 2.56. The Morgan fingerprint density at radius 3 is 2.52 bits per heavy atom. The molecule has 0 aliphatic carbocycles. The second kappa shape index (κ2) is 6.87. The van der Waals surface area contributed by atoms with Crippen LogP contribution in [0.15, 0.2) is 40.8 Å². The second-order valence-electron chi connectivity index (χ2n) is 6.06. The lowest BCUT2D eigenvalue weighted by Crippen LogP contribution is -2.44. The fourth-order valence-corrected chi connectivity index (χ4v) is 2.56. The number of hydrogen-bond donors (Lipinski definition) is 3. The highest BCUT2D eigenvalue weighted by atomic mass is 16.3. The number of aryl methyl sites for hydroxylation is 2. The van der Waals surface area contributed by atoms with Crippen molar-refractivity contribution in [1.82, 2.24) is 10.6 Å². The van der Waals surface area contributed by atoms with E-state index in [9.17, 15) is 9.90 Å². The van der Waals surface area contributed by atoms with Gasteiger partial charge in [0, 0.05) is 5.56 Å². The van der Waals surface area contributed by atoms with E-state index in [1.54, 1.807) is 6.92 Å². The van der Waals surface area contributed by atoms with Crippen LogP contribution in [0.3, 0.4) is 0 Å². The first-order valence-electron chi connectivity index (χ1n) is 7.69. The predicted molar refractivity (Wildman–Crippen MR) is 89.1 cm³/mol. The zero-order chi connectivity index (χ0) is 17.0. The first-order chi connectivity index (χ1) is 10.8. The minimum atomic E-state index is -1.12. The van der Waals surface area contributed by atoms with Crippen molar-refractivity contribution in [3.63, 3.8) is 0 Å². The van der Waals surface area contributed by atoms with Crippen LogP contribution < -0.4 is 10.6 Å². The number of furan rings is 1. The normalized spacial score (nSPS) is 14.8. The SMILES string of the molecule is Cc1cc(C(C)NC(=O)NCC(C)(O)c2ccccc2)c(C)o1. The Morgan fingerprint density at radius 2 is 1.96 bits per heavy atom. The van der Waals surface area contributed by atoms with Gasteiger partial charge in [0.15, 0.2) is 0 Å². The lowest BCUT2D eigenvalue weighted by Gasteiger charge is -2.25. The van der Waals surface area contributed by atoms with Gasteiger partial charge in [0.2, 0.25) is 0 Å². The summed E-state index contributed by atoms with van der Waals surface area (Å²) in [7, 11) is 0. The van der Waals surface area contributed by atoms with E-state index in [-0.39, 0.29) is 18.6 Å². The molecule has 0 saturated carbocycles. The summed E-state index contributed by atoms with van der Waals surface area (Å²) < 4.78 is 5.48. The van der Waals surface area contributed by atoms with Crippen molar-refractivity contribution in [3.05, 3.63) is 59.0 Å². The molecule has 2 rings (SSSR count). The third-order valence-corrected chi connectivity index (χ3v) is 3.88. The van der Waals surface area contributed by atoms with Crippen molar-refractivity contribution in [2.45, 2.75) is 39.3 Å². The first-order valence-corrected chi connectivity index (χ1v) is 7.69. The van der Waals surface area contributed by atoms with Crippen LogP contribution in [-0.2, 0) is 5.60 Å². The molecular weight excluding hydrogens is 292 g/mol. The molecule has 1 aromatic carbocycles. The number of nitrogens with one attached hydrogen (secondary N) is 2. The van der Waals surface area contributed by atoms with Crippen molar-refractivity contribution in [1.29, 1.82) is 0 Å². The van der Waals surface area contributed by atoms with Crippen LogP contribution in [0.5, 0.6) is 0 Å². The molecule has 0 spiro atoms. The smallest absolute Gasteiger partial charge is 0.315 e. The largest absolute Gasteiger partial charge is 0.466 e. The minimum Gasteiger partial charge on any atom is -0.466 e. The molecule has 3 N–H and O–H groups in total. The van der Waals surface area contributed by atoms with E-state index in [0.717, 1.165) is 22.6 Å². The molecule has 5 heteroatoms. The Kier molecular flexibility index (Phi) is 5.11. The maximum Gasteiger partial charge on any atom is 0.315 e. The predicted octanol–water partition coefficient (Wildman–Crippen LogP) is 3.16. The standard InChI is InChI=1S/C18H24N2O3/c1-12-10-16(14(3)23-12)13(2)20-17(21)19-11-18(4,22)15-8-6-5-7-9-15/h5-10,13,22H,11H2,1-4H3,(H2,19,20,21). The third kappa shape index (κ3) is 4.36. The highest BCUT2D eigenvalue weighted by molar-refractivity contribution is 5.74. The number of amides is 2. The number of carbonyl (C=O) groups excluding carboxylic acids is 1. The molecule has 124 valence electrons. The maximum absolute atomic E-state index is 12.1. The Balaban J connectivity index is 1.91. The van der Waals surface area contributed by atoms with Crippen LogP contribution in [0.1, 0.15) is 42.5 Å². The molecule has 0 radical (unpaired) electrons. The van der Waals surface area contributed by atoms with Gasteiger partial charge in [-0.05, 0) is 39.3 Å². The van der Waals surface area contributed by atoms with E-state index in [0.29, 0.717) is 0 Å². The van der Waals surface area contributed by atoms with E-state index in [1.807, 2.05) is 57.2 Å². The molecule has 1 heterocycles. The van der Waals surface area contributed by atoms with Gasteiger partial charge in [0.25, 0.3) is 0 Å². The van der Waals surface area contributed by atoms with Crippen molar-refractivity contribution >= 4 is 6.03 Å². The Bertz CT molecular complexity index is 662. The van der Waals surface area contributed by atoms with Gasteiger partial charge in [-0.1, -0.05) is 30.3 Å². The maximum atomic E-state index is 12.1. The highest BCUT2D eigenvalue weighted by Gasteiger charge is 2.24. The second-order valence-corrected chi connectivity index (χ2v) is 6.06. The van der Waals surface area contributed by atoms with Crippen molar-refractivity contribution in [3.8, 4) is 0 Å². The van der Waals surface area contributed by atoms with Gasteiger partial charge in [-0.15, -0.1) is 0 Å². The van der Waals surface area contributed by atoms with Gasteiger partial charge in [0.1, 0.15) is 17.1 Å². The average molecular weight is 316 g/mol. The number of carbonyl (C=O) groups is 1. The van der Waals surface area contributed by atoms with Crippen LogP contribution >= 0.6 is 0 Å². The number of urea groups is 1. The summed E-state index contributed by atoms with van der Waals surface area (Å²) in [5, 5.41) is 16.0.